The molecule has 2 aromatic carbocycles. The summed E-state index contributed by atoms with van der Waals surface area (Å²) in [6.07, 6.45) is -0.517. The standard InChI is InChI=1S/C20H24O5Si/c1-20(2,3)26(16-10-6-4-7-11-16,17-12-8-5-9-13-17)25-24-19(23)15-14-18(21)22/h4-13H,14-15H2,1-3H3,(H,21,22). The number of carboxylic acids is 1. The lowest BCUT2D eigenvalue weighted by atomic mass is 10.2. The van der Waals surface area contributed by atoms with Crippen molar-refractivity contribution >= 4 is 30.6 Å². The normalized spacial score (nSPS) is 11.8. The van der Waals surface area contributed by atoms with Gasteiger partial charge in [0.25, 0.3) is 0 Å². The van der Waals surface area contributed by atoms with Crippen LogP contribution < -0.4 is 10.4 Å². The van der Waals surface area contributed by atoms with Crippen LogP contribution in [0.3, 0.4) is 0 Å². The highest BCUT2D eigenvalue weighted by Crippen LogP contribution is 2.36. The maximum Gasteiger partial charge on any atom is 0.341 e. The van der Waals surface area contributed by atoms with E-state index in [1.165, 1.54) is 0 Å². The molecule has 0 bridgehead atoms. The van der Waals surface area contributed by atoms with Crippen LogP contribution in [0.2, 0.25) is 5.04 Å². The minimum absolute atomic E-state index is 0.229. The summed E-state index contributed by atoms with van der Waals surface area (Å²) in [5.41, 5.74) is 0. The second-order valence-corrected chi connectivity index (χ2v) is 11.3. The fraction of sp³-hybridized carbons (Fsp3) is 0.300. The van der Waals surface area contributed by atoms with Crippen LogP contribution in [-0.2, 0) is 19.1 Å². The summed E-state index contributed by atoms with van der Waals surface area (Å²) in [7, 11) is -2.96. The zero-order valence-corrected chi connectivity index (χ0v) is 16.3. The smallest absolute Gasteiger partial charge is 0.341 e. The van der Waals surface area contributed by atoms with Gasteiger partial charge in [-0.25, -0.2) is 9.37 Å². The Labute approximate surface area is 154 Å². The van der Waals surface area contributed by atoms with Gasteiger partial charge in [-0.1, -0.05) is 81.4 Å². The molecule has 0 fully saturated rings. The number of hydrogen-bond acceptors (Lipinski definition) is 4. The van der Waals surface area contributed by atoms with Crippen LogP contribution in [0.15, 0.2) is 60.7 Å². The average Bonchev–Trinajstić information content (AvgIpc) is 2.61. The number of aliphatic carboxylic acids is 1. The first-order valence-electron chi connectivity index (χ1n) is 8.49. The van der Waals surface area contributed by atoms with Gasteiger partial charge in [-0.2, -0.15) is 0 Å². The highest BCUT2D eigenvalue weighted by atomic mass is 28.4. The van der Waals surface area contributed by atoms with Crippen molar-refractivity contribution in [3.8, 4) is 0 Å². The highest BCUT2D eigenvalue weighted by molar-refractivity contribution is 6.99. The Morgan fingerprint density at radius 1 is 0.885 bits per heavy atom. The van der Waals surface area contributed by atoms with Crippen molar-refractivity contribution in [2.75, 3.05) is 0 Å². The van der Waals surface area contributed by atoms with E-state index in [4.69, 9.17) is 14.6 Å². The Bertz CT molecular complexity index is 698. The molecule has 6 heteroatoms. The summed E-state index contributed by atoms with van der Waals surface area (Å²) < 4.78 is 5.96. The Hall–Kier alpha value is -2.44. The third-order valence-electron chi connectivity index (χ3n) is 4.22. The second kappa shape index (κ2) is 8.29. The number of carboxylic acid groups (broad SMARTS) is 1. The Morgan fingerprint density at radius 3 is 1.73 bits per heavy atom. The van der Waals surface area contributed by atoms with E-state index in [2.05, 4.69) is 20.8 Å². The predicted molar refractivity (Wildman–Crippen MR) is 102 cm³/mol. The van der Waals surface area contributed by atoms with E-state index in [1.807, 2.05) is 60.7 Å². The molecule has 0 aliphatic heterocycles. The molecule has 0 unspecified atom stereocenters. The molecule has 0 aliphatic rings. The molecule has 0 aromatic heterocycles. The van der Waals surface area contributed by atoms with E-state index >= 15 is 0 Å². The third kappa shape index (κ3) is 4.39. The summed E-state index contributed by atoms with van der Waals surface area (Å²) in [6.45, 7) is 6.18. The first-order valence-corrected chi connectivity index (χ1v) is 10.4. The van der Waals surface area contributed by atoms with Gasteiger partial charge >= 0.3 is 20.3 Å². The first kappa shape index (κ1) is 19.9. The van der Waals surface area contributed by atoms with Crippen molar-refractivity contribution in [1.82, 2.24) is 0 Å². The molecule has 0 radical (unpaired) electrons. The molecule has 2 aromatic rings. The van der Waals surface area contributed by atoms with E-state index < -0.39 is 20.3 Å². The Balaban J connectivity index is 2.44. The number of carbonyl (C=O) groups excluding carboxylic acids is 1. The van der Waals surface area contributed by atoms with Gasteiger partial charge in [-0.05, 0) is 15.4 Å². The van der Waals surface area contributed by atoms with E-state index in [0.717, 1.165) is 10.4 Å². The van der Waals surface area contributed by atoms with Crippen molar-refractivity contribution in [2.24, 2.45) is 0 Å². The number of rotatable bonds is 7. The summed E-state index contributed by atoms with van der Waals surface area (Å²) >= 11 is 0. The number of carbonyl (C=O) groups is 2. The molecule has 0 atom stereocenters. The van der Waals surface area contributed by atoms with Crippen molar-refractivity contribution in [3.63, 3.8) is 0 Å². The highest BCUT2D eigenvalue weighted by Gasteiger charge is 2.53. The minimum Gasteiger partial charge on any atom is -0.481 e. The summed E-state index contributed by atoms with van der Waals surface area (Å²) in [4.78, 5) is 27.8. The molecule has 0 saturated carbocycles. The molecule has 26 heavy (non-hydrogen) atoms. The molecular formula is C20H24O5Si. The summed E-state index contributed by atoms with van der Waals surface area (Å²) in [6, 6.07) is 19.5. The van der Waals surface area contributed by atoms with Gasteiger partial charge in [-0.15, -0.1) is 0 Å². The van der Waals surface area contributed by atoms with Crippen molar-refractivity contribution in [3.05, 3.63) is 60.7 Å². The average molecular weight is 372 g/mol. The maximum atomic E-state index is 12.0. The monoisotopic (exact) mass is 372 g/mol. The molecule has 0 spiro atoms. The van der Waals surface area contributed by atoms with Gasteiger partial charge in [0, 0.05) is 0 Å². The van der Waals surface area contributed by atoms with Crippen LogP contribution in [0, 0.1) is 0 Å². The number of benzene rings is 2. The van der Waals surface area contributed by atoms with Crippen LogP contribution in [0.1, 0.15) is 33.6 Å². The van der Waals surface area contributed by atoms with Crippen LogP contribution in [0.4, 0.5) is 0 Å². The molecule has 0 heterocycles. The van der Waals surface area contributed by atoms with Crippen molar-refractivity contribution in [1.29, 1.82) is 0 Å². The molecule has 2 rings (SSSR count). The van der Waals surface area contributed by atoms with E-state index in [0.29, 0.717) is 0 Å². The summed E-state index contributed by atoms with van der Waals surface area (Å²) in [5, 5.41) is 10.4. The molecule has 138 valence electrons. The fourth-order valence-corrected chi connectivity index (χ4v) is 7.01. The molecule has 0 amide bonds. The van der Waals surface area contributed by atoms with Crippen molar-refractivity contribution < 1.29 is 24.2 Å². The van der Waals surface area contributed by atoms with Gasteiger partial charge in [-0.3, -0.25) is 4.79 Å². The molecule has 0 saturated heterocycles. The summed E-state index contributed by atoms with van der Waals surface area (Å²) in [5.74, 6) is -1.73. The maximum absolute atomic E-state index is 12.0. The van der Waals surface area contributed by atoms with Gasteiger partial charge in [0.15, 0.2) is 0 Å². The lowest BCUT2D eigenvalue weighted by Crippen LogP contribution is -2.66. The lowest BCUT2D eigenvalue weighted by molar-refractivity contribution is -0.220. The third-order valence-corrected chi connectivity index (χ3v) is 8.96. The van der Waals surface area contributed by atoms with Gasteiger partial charge < -0.3 is 9.99 Å². The Morgan fingerprint density at radius 2 is 1.35 bits per heavy atom. The van der Waals surface area contributed by atoms with Crippen LogP contribution in [0.5, 0.6) is 0 Å². The van der Waals surface area contributed by atoms with Crippen LogP contribution in [-0.4, -0.2) is 25.4 Å². The first-order chi connectivity index (χ1) is 12.3. The lowest BCUT2D eigenvalue weighted by Gasteiger charge is -2.40. The van der Waals surface area contributed by atoms with E-state index in [1.54, 1.807) is 0 Å². The van der Waals surface area contributed by atoms with Gasteiger partial charge in [0.2, 0.25) is 0 Å². The van der Waals surface area contributed by atoms with Gasteiger partial charge in [0.1, 0.15) is 0 Å². The molecular weight excluding hydrogens is 348 g/mol. The number of hydrogen-bond donors (Lipinski definition) is 1. The zero-order valence-electron chi connectivity index (χ0n) is 15.3. The van der Waals surface area contributed by atoms with Crippen molar-refractivity contribution in [2.45, 2.75) is 38.7 Å². The topological polar surface area (TPSA) is 72.8 Å². The van der Waals surface area contributed by atoms with E-state index in [-0.39, 0.29) is 17.9 Å². The van der Waals surface area contributed by atoms with Gasteiger partial charge in [0.05, 0.1) is 12.8 Å². The SMILES string of the molecule is CC(C)(C)[Si](OOC(=O)CCC(=O)O)(c1ccccc1)c1ccccc1. The van der Waals surface area contributed by atoms with E-state index in [9.17, 15) is 9.59 Å². The second-order valence-electron chi connectivity index (χ2n) is 7.10. The quantitative estimate of drug-likeness (QED) is 0.460. The van der Waals surface area contributed by atoms with Crippen LogP contribution in [0.25, 0.3) is 0 Å². The fourth-order valence-electron chi connectivity index (χ4n) is 2.96. The molecule has 5 nitrogen and oxygen atoms in total. The van der Waals surface area contributed by atoms with Crippen LogP contribution >= 0.6 is 0 Å². The zero-order chi connectivity index (χ0) is 19.2. The predicted octanol–water partition coefficient (Wildman–Crippen LogP) is 2.89. The molecule has 0 aliphatic carbocycles. The largest absolute Gasteiger partial charge is 0.481 e. The molecule has 1 N–H and O–H groups in total. The Kier molecular flexibility index (Phi) is 6.34. The minimum atomic E-state index is -2.96.